The SMILES string of the molecule is OC(CS)C(O)c1ccc2ncc(Cl)nc2c1. The molecule has 17 heavy (non-hydrogen) atoms. The summed E-state index contributed by atoms with van der Waals surface area (Å²) in [6, 6.07) is 5.08. The number of hydrogen-bond donors (Lipinski definition) is 3. The van der Waals surface area contributed by atoms with Crippen LogP contribution in [0, 0.1) is 0 Å². The second-order valence-corrected chi connectivity index (χ2v) is 4.39. The summed E-state index contributed by atoms with van der Waals surface area (Å²) in [5.74, 6) is 0.181. The molecule has 0 aliphatic carbocycles. The van der Waals surface area contributed by atoms with Gasteiger partial charge in [-0.25, -0.2) is 4.98 Å². The van der Waals surface area contributed by atoms with Crippen molar-refractivity contribution < 1.29 is 10.2 Å². The van der Waals surface area contributed by atoms with Gasteiger partial charge in [-0.2, -0.15) is 12.6 Å². The van der Waals surface area contributed by atoms with Crippen LogP contribution in [0.25, 0.3) is 11.0 Å². The Labute approximate surface area is 109 Å². The Morgan fingerprint density at radius 3 is 2.76 bits per heavy atom. The van der Waals surface area contributed by atoms with Gasteiger partial charge in [-0.1, -0.05) is 17.7 Å². The molecule has 2 atom stereocenters. The molecule has 4 nitrogen and oxygen atoms in total. The van der Waals surface area contributed by atoms with Gasteiger partial charge >= 0.3 is 0 Å². The Bertz CT molecular complexity index is 538. The first kappa shape index (κ1) is 12.6. The third kappa shape index (κ3) is 2.69. The van der Waals surface area contributed by atoms with E-state index in [1.165, 1.54) is 6.20 Å². The third-order valence-corrected chi connectivity index (χ3v) is 2.99. The van der Waals surface area contributed by atoms with Crippen molar-refractivity contribution in [2.75, 3.05) is 5.75 Å². The van der Waals surface area contributed by atoms with Gasteiger partial charge in [-0.05, 0) is 17.7 Å². The van der Waals surface area contributed by atoms with Gasteiger partial charge in [0.1, 0.15) is 11.3 Å². The molecule has 1 aromatic carbocycles. The normalized spacial score (nSPS) is 14.8. The predicted molar refractivity (Wildman–Crippen MR) is 69.4 cm³/mol. The van der Waals surface area contributed by atoms with Crippen molar-refractivity contribution >= 4 is 35.3 Å². The van der Waals surface area contributed by atoms with Gasteiger partial charge in [-0.15, -0.1) is 0 Å². The van der Waals surface area contributed by atoms with Crippen LogP contribution in [0.5, 0.6) is 0 Å². The molecule has 90 valence electrons. The molecule has 6 heteroatoms. The van der Waals surface area contributed by atoms with Gasteiger partial charge in [0.05, 0.1) is 23.3 Å². The number of halogens is 1. The molecule has 2 unspecified atom stereocenters. The molecular formula is C11H11ClN2O2S. The second-order valence-electron chi connectivity index (χ2n) is 3.64. The zero-order valence-electron chi connectivity index (χ0n) is 8.79. The summed E-state index contributed by atoms with van der Waals surface area (Å²) < 4.78 is 0. The van der Waals surface area contributed by atoms with Crippen LogP contribution in [0.15, 0.2) is 24.4 Å². The fourth-order valence-corrected chi connectivity index (χ4v) is 1.85. The van der Waals surface area contributed by atoms with Crippen molar-refractivity contribution in [3.8, 4) is 0 Å². The van der Waals surface area contributed by atoms with E-state index in [4.69, 9.17) is 11.6 Å². The smallest absolute Gasteiger partial charge is 0.148 e. The second kappa shape index (κ2) is 5.18. The fraction of sp³-hybridized carbons (Fsp3) is 0.273. The van der Waals surface area contributed by atoms with E-state index in [2.05, 4.69) is 22.6 Å². The molecule has 1 heterocycles. The average molecular weight is 271 g/mol. The number of aromatic nitrogens is 2. The van der Waals surface area contributed by atoms with Gasteiger partial charge in [0.25, 0.3) is 0 Å². The van der Waals surface area contributed by atoms with Gasteiger partial charge in [0.2, 0.25) is 0 Å². The van der Waals surface area contributed by atoms with Crippen LogP contribution >= 0.6 is 24.2 Å². The zero-order chi connectivity index (χ0) is 12.4. The van der Waals surface area contributed by atoms with Crippen LogP contribution in [0.2, 0.25) is 5.15 Å². The van der Waals surface area contributed by atoms with Crippen LogP contribution in [0.1, 0.15) is 11.7 Å². The van der Waals surface area contributed by atoms with E-state index in [1.807, 2.05) is 0 Å². The minimum atomic E-state index is -0.988. The highest BCUT2D eigenvalue weighted by Crippen LogP contribution is 2.22. The van der Waals surface area contributed by atoms with E-state index in [9.17, 15) is 10.2 Å². The molecule has 0 aliphatic rings. The van der Waals surface area contributed by atoms with E-state index < -0.39 is 12.2 Å². The minimum Gasteiger partial charge on any atom is -0.389 e. The van der Waals surface area contributed by atoms with Crippen LogP contribution < -0.4 is 0 Å². The lowest BCUT2D eigenvalue weighted by Gasteiger charge is -2.16. The minimum absolute atomic E-state index is 0.181. The van der Waals surface area contributed by atoms with E-state index >= 15 is 0 Å². The summed E-state index contributed by atoms with van der Waals surface area (Å²) in [4.78, 5) is 8.19. The highest BCUT2D eigenvalue weighted by Gasteiger charge is 2.17. The average Bonchev–Trinajstić information content (AvgIpc) is 2.36. The van der Waals surface area contributed by atoms with Crippen molar-refractivity contribution in [2.24, 2.45) is 0 Å². The van der Waals surface area contributed by atoms with Crippen molar-refractivity contribution in [3.05, 3.63) is 35.1 Å². The number of benzene rings is 1. The van der Waals surface area contributed by atoms with Crippen LogP contribution in [0.4, 0.5) is 0 Å². The lowest BCUT2D eigenvalue weighted by Crippen LogP contribution is -2.19. The van der Waals surface area contributed by atoms with Crippen LogP contribution in [0.3, 0.4) is 0 Å². The molecule has 0 saturated heterocycles. The predicted octanol–water partition coefficient (Wildman–Crippen LogP) is 1.61. The summed E-state index contributed by atoms with van der Waals surface area (Å²) >= 11 is 9.68. The lowest BCUT2D eigenvalue weighted by atomic mass is 10.0. The molecule has 2 aromatic rings. The van der Waals surface area contributed by atoms with Gasteiger partial charge in [0, 0.05) is 5.75 Å². The van der Waals surface area contributed by atoms with E-state index in [-0.39, 0.29) is 5.75 Å². The Morgan fingerprint density at radius 1 is 1.29 bits per heavy atom. The standard InChI is InChI=1S/C11H11ClN2O2S/c12-10-4-13-7-2-1-6(3-8(7)14-10)11(16)9(15)5-17/h1-4,9,11,15-17H,5H2. The maximum absolute atomic E-state index is 9.84. The number of nitrogens with zero attached hydrogens (tertiary/aromatic N) is 2. The largest absolute Gasteiger partial charge is 0.389 e. The molecule has 0 saturated carbocycles. The number of rotatable bonds is 3. The highest BCUT2D eigenvalue weighted by molar-refractivity contribution is 7.80. The number of aliphatic hydroxyl groups excluding tert-OH is 2. The molecule has 0 fully saturated rings. The van der Waals surface area contributed by atoms with Gasteiger partial charge in [0.15, 0.2) is 0 Å². The summed E-state index contributed by atoms with van der Waals surface area (Å²) in [6.07, 6.45) is -0.441. The van der Waals surface area contributed by atoms with Crippen LogP contribution in [-0.4, -0.2) is 32.0 Å². The maximum atomic E-state index is 9.84. The lowest BCUT2D eigenvalue weighted by molar-refractivity contribution is 0.0338. The van der Waals surface area contributed by atoms with Gasteiger partial charge < -0.3 is 10.2 Å². The third-order valence-electron chi connectivity index (χ3n) is 2.43. The zero-order valence-corrected chi connectivity index (χ0v) is 10.4. The summed E-state index contributed by atoms with van der Waals surface area (Å²) in [7, 11) is 0. The number of fused-ring (bicyclic) bond motifs is 1. The fourth-order valence-electron chi connectivity index (χ4n) is 1.51. The van der Waals surface area contributed by atoms with Gasteiger partial charge in [-0.3, -0.25) is 4.98 Å². The van der Waals surface area contributed by atoms with E-state index in [0.29, 0.717) is 21.7 Å². The Balaban J connectivity index is 2.43. The quantitative estimate of drug-likeness (QED) is 0.742. The van der Waals surface area contributed by atoms with Crippen molar-refractivity contribution in [3.63, 3.8) is 0 Å². The molecule has 0 amide bonds. The molecule has 0 spiro atoms. The monoisotopic (exact) mass is 270 g/mol. The molecule has 0 aliphatic heterocycles. The Morgan fingerprint density at radius 2 is 2.06 bits per heavy atom. The van der Waals surface area contributed by atoms with Crippen molar-refractivity contribution in [1.29, 1.82) is 0 Å². The van der Waals surface area contributed by atoms with Crippen molar-refractivity contribution in [1.82, 2.24) is 9.97 Å². The number of aliphatic hydroxyl groups is 2. The summed E-state index contributed by atoms with van der Waals surface area (Å²) in [5, 5.41) is 19.6. The molecular weight excluding hydrogens is 260 g/mol. The first-order valence-corrected chi connectivity index (χ1v) is 6.02. The Kier molecular flexibility index (Phi) is 3.83. The first-order chi connectivity index (χ1) is 8.11. The van der Waals surface area contributed by atoms with E-state index in [0.717, 1.165) is 0 Å². The summed E-state index contributed by atoms with van der Waals surface area (Å²) in [5.41, 5.74) is 1.83. The summed E-state index contributed by atoms with van der Waals surface area (Å²) in [6.45, 7) is 0. The topological polar surface area (TPSA) is 66.2 Å². The molecule has 0 bridgehead atoms. The molecule has 2 rings (SSSR count). The number of hydrogen-bond acceptors (Lipinski definition) is 5. The van der Waals surface area contributed by atoms with E-state index in [1.54, 1.807) is 18.2 Å². The van der Waals surface area contributed by atoms with Crippen LogP contribution in [-0.2, 0) is 0 Å². The molecule has 0 radical (unpaired) electrons. The van der Waals surface area contributed by atoms with Crippen molar-refractivity contribution in [2.45, 2.75) is 12.2 Å². The number of thiol groups is 1. The maximum Gasteiger partial charge on any atom is 0.148 e. The highest BCUT2D eigenvalue weighted by atomic mass is 35.5. The Hall–Kier alpha value is -0.880. The molecule has 2 N–H and O–H groups in total. The molecule has 1 aromatic heterocycles. The first-order valence-electron chi connectivity index (χ1n) is 5.01.